The maximum Gasteiger partial charge on any atom is 0.230 e. The number of anilines is 1. The zero-order valence-electron chi connectivity index (χ0n) is 14.3. The molecule has 2 N–H and O–H groups in total. The first-order valence-electron chi connectivity index (χ1n) is 8.59. The predicted molar refractivity (Wildman–Crippen MR) is 107 cm³/mol. The SMILES string of the molecule is O=C(CSCc1cccc(Cl)c1)NCc1cccc(NC(=O)C2CC2)c1. The topological polar surface area (TPSA) is 58.2 Å². The largest absolute Gasteiger partial charge is 0.351 e. The van der Waals surface area contributed by atoms with Crippen LogP contribution in [0.5, 0.6) is 0 Å². The minimum atomic E-state index is -0.00977. The highest BCUT2D eigenvalue weighted by Crippen LogP contribution is 2.30. The summed E-state index contributed by atoms with van der Waals surface area (Å²) in [6, 6.07) is 15.2. The summed E-state index contributed by atoms with van der Waals surface area (Å²) in [5.41, 5.74) is 2.85. The first kappa shape index (κ1) is 18.8. The monoisotopic (exact) mass is 388 g/mol. The van der Waals surface area contributed by atoms with Crippen molar-refractivity contribution in [2.24, 2.45) is 5.92 Å². The molecule has 2 aromatic carbocycles. The van der Waals surface area contributed by atoms with E-state index in [1.54, 1.807) is 11.8 Å². The second-order valence-corrected chi connectivity index (χ2v) is 7.79. The van der Waals surface area contributed by atoms with E-state index in [0.29, 0.717) is 17.3 Å². The smallest absolute Gasteiger partial charge is 0.230 e. The summed E-state index contributed by atoms with van der Waals surface area (Å²) in [6.07, 6.45) is 1.96. The Morgan fingerprint density at radius 1 is 1.08 bits per heavy atom. The van der Waals surface area contributed by atoms with Crippen molar-refractivity contribution in [1.82, 2.24) is 5.32 Å². The van der Waals surface area contributed by atoms with Gasteiger partial charge in [0.25, 0.3) is 0 Å². The van der Waals surface area contributed by atoms with Crippen LogP contribution in [0.3, 0.4) is 0 Å². The van der Waals surface area contributed by atoms with Crippen LogP contribution in [-0.2, 0) is 21.9 Å². The summed E-state index contributed by atoms with van der Waals surface area (Å²) >= 11 is 7.51. The number of rotatable bonds is 8. The van der Waals surface area contributed by atoms with Crippen molar-refractivity contribution in [3.05, 3.63) is 64.7 Å². The van der Waals surface area contributed by atoms with Crippen molar-refractivity contribution in [2.45, 2.75) is 25.1 Å². The number of halogens is 1. The van der Waals surface area contributed by atoms with E-state index in [1.165, 1.54) is 0 Å². The molecule has 0 heterocycles. The lowest BCUT2D eigenvalue weighted by Gasteiger charge is -2.09. The third-order valence-electron chi connectivity index (χ3n) is 4.02. The van der Waals surface area contributed by atoms with Crippen molar-refractivity contribution in [3.8, 4) is 0 Å². The maximum absolute atomic E-state index is 12.0. The van der Waals surface area contributed by atoms with Crippen molar-refractivity contribution >= 4 is 40.9 Å². The molecular weight excluding hydrogens is 368 g/mol. The molecule has 0 bridgehead atoms. The van der Waals surface area contributed by atoms with Crippen LogP contribution in [0.2, 0.25) is 5.02 Å². The molecule has 4 nitrogen and oxygen atoms in total. The van der Waals surface area contributed by atoms with E-state index in [4.69, 9.17) is 11.6 Å². The van der Waals surface area contributed by atoms with Crippen molar-refractivity contribution in [2.75, 3.05) is 11.1 Å². The van der Waals surface area contributed by atoms with Crippen LogP contribution < -0.4 is 10.6 Å². The number of thioether (sulfide) groups is 1. The molecule has 3 rings (SSSR count). The molecule has 26 heavy (non-hydrogen) atoms. The first-order valence-corrected chi connectivity index (χ1v) is 10.1. The number of hydrogen-bond acceptors (Lipinski definition) is 3. The highest BCUT2D eigenvalue weighted by molar-refractivity contribution is 7.99. The Hall–Kier alpha value is -1.98. The molecule has 0 unspecified atom stereocenters. The van der Waals surface area contributed by atoms with Gasteiger partial charge in [0.1, 0.15) is 0 Å². The normalized spacial score (nSPS) is 13.3. The lowest BCUT2D eigenvalue weighted by molar-refractivity contribution is -0.119. The molecular formula is C20H21ClN2O2S. The van der Waals surface area contributed by atoms with E-state index >= 15 is 0 Å². The van der Waals surface area contributed by atoms with Crippen LogP contribution >= 0.6 is 23.4 Å². The number of hydrogen-bond donors (Lipinski definition) is 2. The molecule has 136 valence electrons. The standard InChI is InChI=1S/C20H21ClN2O2S/c21-17-5-1-4-15(9-17)12-26-13-19(24)22-11-14-3-2-6-18(10-14)23-20(25)16-7-8-16/h1-6,9-10,16H,7-8,11-13H2,(H,22,24)(H,23,25). The molecule has 1 aliphatic rings. The number of nitrogens with one attached hydrogen (secondary N) is 2. The molecule has 0 spiro atoms. The Balaban J connectivity index is 1.40. The molecule has 0 saturated heterocycles. The van der Waals surface area contributed by atoms with Gasteiger partial charge in [-0.2, -0.15) is 0 Å². The van der Waals surface area contributed by atoms with Gasteiger partial charge in [0, 0.05) is 28.9 Å². The molecule has 2 aromatic rings. The molecule has 0 aliphatic heterocycles. The fourth-order valence-corrected chi connectivity index (χ4v) is 3.51. The average molecular weight is 389 g/mol. The third kappa shape index (κ3) is 6.07. The molecule has 1 aliphatic carbocycles. The Morgan fingerprint density at radius 2 is 1.85 bits per heavy atom. The molecule has 6 heteroatoms. The molecule has 2 amide bonds. The van der Waals surface area contributed by atoms with Crippen molar-refractivity contribution in [1.29, 1.82) is 0 Å². The Kier molecular flexibility index (Phi) is 6.58. The number of amides is 2. The zero-order valence-corrected chi connectivity index (χ0v) is 15.9. The van der Waals surface area contributed by atoms with E-state index in [2.05, 4.69) is 10.6 Å². The molecule has 0 aromatic heterocycles. The molecule has 1 fully saturated rings. The number of carbonyl (C=O) groups is 2. The van der Waals surface area contributed by atoms with Gasteiger partial charge in [-0.05, 0) is 48.2 Å². The van der Waals surface area contributed by atoms with Crippen LogP contribution in [0.15, 0.2) is 48.5 Å². The van der Waals surface area contributed by atoms with E-state index in [0.717, 1.165) is 35.4 Å². The van der Waals surface area contributed by atoms with Crippen LogP contribution in [0.1, 0.15) is 24.0 Å². The van der Waals surface area contributed by atoms with E-state index in [1.807, 2.05) is 48.5 Å². The van der Waals surface area contributed by atoms with Gasteiger partial charge in [0.05, 0.1) is 5.75 Å². The fourth-order valence-electron chi connectivity index (χ4n) is 2.49. The van der Waals surface area contributed by atoms with Crippen molar-refractivity contribution in [3.63, 3.8) is 0 Å². The lowest BCUT2D eigenvalue weighted by Crippen LogP contribution is -2.24. The van der Waals surface area contributed by atoms with E-state index < -0.39 is 0 Å². The van der Waals surface area contributed by atoms with Gasteiger partial charge in [-0.3, -0.25) is 9.59 Å². The summed E-state index contributed by atoms with van der Waals surface area (Å²) in [4.78, 5) is 23.8. The highest BCUT2D eigenvalue weighted by Gasteiger charge is 2.29. The highest BCUT2D eigenvalue weighted by atomic mass is 35.5. The predicted octanol–water partition coefficient (Wildman–Crippen LogP) is 4.24. The van der Waals surface area contributed by atoms with Gasteiger partial charge in [-0.15, -0.1) is 11.8 Å². The van der Waals surface area contributed by atoms with Crippen LogP contribution in [-0.4, -0.2) is 17.6 Å². The van der Waals surface area contributed by atoms with Gasteiger partial charge in [-0.25, -0.2) is 0 Å². The molecule has 0 atom stereocenters. The maximum atomic E-state index is 12.0. The Labute approximate surface area is 162 Å². The summed E-state index contributed by atoms with van der Waals surface area (Å²) in [5.74, 6) is 1.39. The minimum Gasteiger partial charge on any atom is -0.351 e. The molecule has 0 radical (unpaired) electrons. The van der Waals surface area contributed by atoms with Gasteiger partial charge in [-0.1, -0.05) is 35.9 Å². The van der Waals surface area contributed by atoms with Crippen LogP contribution in [0.25, 0.3) is 0 Å². The second-order valence-electron chi connectivity index (χ2n) is 6.36. The van der Waals surface area contributed by atoms with Gasteiger partial charge < -0.3 is 10.6 Å². The Bertz CT molecular complexity index is 793. The van der Waals surface area contributed by atoms with Gasteiger partial charge >= 0.3 is 0 Å². The average Bonchev–Trinajstić information content (AvgIpc) is 3.46. The van der Waals surface area contributed by atoms with Crippen molar-refractivity contribution < 1.29 is 9.59 Å². The number of benzene rings is 2. The Morgan fingerprint density at radius 3 is 2.62 bits per heavy atom. The zero-order chi connectivity index (χ0) is 18.4. The van der Waals surface area contributed by atoms with Gasteiger partial charge in [0.15, 0.2) is 0 Å². The summed E-state index contributed by atoms with van der Waals surface area (Å²) in [6.45, 7) is 0.448. The third-order valence-corrected chi connectivity index (χ3v) is 5.26. The minimum absolute atomic E-state index is 0.00977. The number of carbonyl (C=O) groups excluding carboxylic acids is 2. The van der Waals surface area contributed by atoms with Gasteiger partial charge in [0.2, 0.25) is 11.8 Å². The quantitative estimate of drug-likeness (QED) is 0.711. The second kappa shape index (κ2) is 9.10. The van der Waals surface area contributed by atoms with Crippen LogP contribution in [0.4, 0.5) is 5.69 Å². The summed E-state index contributed by atoms with van der Waals surface area (Å²) < 4.78 is 0. The summed E-state index contributed by atoms with van der Waals surface area (Å²) in [7, 11) is 0. The van der Waals surface area contributed by atoms with E-state index in [9.17, 15) is 9.59 Å². The van der Waals surface area contributed by atoms with E-state index in [-0.39, 0.29) is 17.7 Å². The molecule has 1 saturated carbocycles. The lowest BCUT2D eigenvalue weighted by atomic mass is 10.2. The van der Waals surface area contributed by atoms with Crippen LogP contribution in [0, 0.1) is 5.92 Å². The fraction of sp³-hybridized carbons (Fsp3) is 0.300. The summed E-state index contributed by atoms with van der Waals surface area (Å²) in [5, 5.41) is 6.55. The first-order chi connectivity index (χ1) is 12.6.